The Morgan fingerprint density at radius 1 is 1.33 bits per heavy atom. The monoisotopic (exact) mass is 328 g/mol. The van der Waals surface area contributed by atoms with Crippen LogP contribution in [0.2, 0.25) is 0 Å². The van der Waals surface area contributed by atoms with Gasteiger partial charge in [0.2, 0.25) is 5.91 Å². The highest BCUT2D eigenvalue weighted by Crippen LogP contribution is 2.35. The molecule has 24 heavy (non-hydrogen) atoms. The first kappa shape index (κ1) is 16.1. The average Bonchev–Trinajstić information content (AvgIpc) is 3.34. The standard InChI is InChI=1S/C20H28N2O2/c1-14-3-2-4-15(9-14)11-22-8-7-17-13-24-19(18(17)12-22)10-21-20(23)16-5-6-16/h2-4,9,16-19H,5-8,10-13H2,1H3,(H,21,23)/t17-,18-,19+/m1/s1. The van der Waals surface area contributed by atoms with E-state index in [0.29, 0.717) is 18.4 Å². The van der Waals surface area contributed by atoms with Crippen LogP contribution in [0.4, 0.5) is 0 Å². The van der Waals surface area contributed by atoms with Crippen LogP contribution in [0.25, 0.3) is 0 Å². The lowest BCUT2D eigenvalue weighted by atomic mass is 9.84. The molecule has 1 N–H and O–H groups in total. The number of amides is 1. The summed E-state index contributed by atoms with van der Waals surface area (Å²) in [6.45, 7) is 6.97. The zero-order valence-electron chi connectivity index (χ0n) is 14.5. The molecule has 4 heteroatoms. The highest BCUT2D eigenvalue weighted by molar-refractivity contribution is 5.80. The molecule has 3 aliphatic rings. The summed E-state index contributed by atoms with van der Waals surface area (Å²) in [6.07, 6.45) is 3.53. The van der Waals surface area contributed by atoms with Gasteiger partial charge in [-0.25, -0.2) is 0 Å². The first-order valence-corrected chi connectivity index (χ1v) is 9.36. The summed E-state index contributed by atoms with van der Waals surface area (Å²) in [5.41, 5.74) is 2.72. The van der Waals surface area contributed by atoms with Gasteiger partial charge >= 0.3 is 0 Å². The van der Waals surface area contributed by atoms with Gasteiger partial charge in [0.15, 0.2) is 0 Å². The van der Waals surface area contributed by atoms with E-state index in [0.717, 1.165) is 39.1 Å². The number of nitrogens with zero attached hydrogens (tertiary/aromatic N) is 1. The van der Waals surface area contributed by atoms with Crippen LogP contribution in [0.1, 0.15) is 30.4 Å². The van der Waals surface area contributed by atoms with Gasteiger partial charge in [-0.3, -0.25) is 9.69 Å². The minimum Gasteiger partial charge on any atom is -0.376 e. The van der Waals surface area contributed by atoms with Crippen molar-refractivity contribution in [2.24, 2.45) is 17.8 Å². The van der Waals surface area contributed by atoms with Crippen LogP contribution in [-0.4, -0.2) is 43.2 Å². The molecule has 1 aromatic rings. The number of piperidine rings is 1. The molecule has 0 radical (unpaired) electrons. The molecule has 2 saturated heterocycles. The third-order valence-corrected chi connectivity index (χ3v) is 5.81. The number of aryl methyl sites for hydroxylation is 1. The first-order chi connectivity index (χ1) is 11.7. The minimum atomic E-state index is 0.193. The summed E-state index contributed by atoms with van der Waals surface area (Å²) in [7, 11) is 0. The Morgan fingerprint density at radius 2 is 2.21 bits per heavy atom. The molecule has 1 saturated carbocycles. The molecule has 1 amide bonds. The maximum Gasteiger partial charge on any atom is 0.223 e. The number of nitrogens with one attached hydrogen (secondary N) is 1. The summed E-state index contributed by atoms with van der Waals surface area (Å²) < 4.78 is 6.03. The van der Waals surface area contributed by atoms with Crippen molar-refractivity contribution < 1.29 is 9.53 Å². The molecule has 2 heterocycles. The molecule has 4 rings (SSSR count). The molecule has 130 valence electrons. The molecule has 0 aromatic heterocycles. The van der Waals surface area contributed by atoms with Crippen molar-refractivity contribution in [2.45, 2.75) is 38.8 Å². The lowest BCUT2D eigenvalue weighted by molar-refractivity contribution is -0.122. The highest BCUT2D eigenvalue weighted by Gasteiger charge is 2.41. The number of benzene rings is 1. The molecule has 1 aromatic carbocycles. The maximum absolute atomic E-state index is 11.9. The molecule has 4 nitrogen and oxygen atoms in total. The topological polar surface area (TPSA) is 41.6 Å². The highest BCUT2D eigenvalue weighted by atomic mass is 16.5. The number of carbonyl (C=O) groups excluding carboxylic acids is 1. The van der Waals surface area contributed by atoms with Crippen LogP contribution >= 0.6 is 0 Å². The van der Waals surface area contributed by atoms with E-state index in [4.69, 9.17) is 4.74 Å². The van der Waals surface area contributed by atoms with Crippen LogP contribution in [0.15, 0.2) is 24.3 Å². The van der Waals surface area contributed by atoms with Crippen molar-refractivity contribution in [3.05, 3.63) is 35.4 Å². The van der Waals surface area contributed by atoms with Gasteiger partial charge in [0.25, 0.3) is 0 Å². The van der Waals surface area contributed by atoms with E-state index in [2.05, 4.69) is 41.4 Å². The largest absolute Gasteiger partial charge is 0.376 e. The van der Waals surface area contributed by atoms with Gasteiger partial charge in [-0.2, -0.15) is 0 Å². The third kappa shape index (κ3) is 3.65. The van der Waals surface area contributed by atoms with Crippen LogP contribution < -0.4 is 5.32 Å². The van der Waals surface area contributed by atoms with E-state index in [1.807, 2.05) is 0 Å². The second-order valence-corrected chi connectivity index (χ2v) is 7.83. The van der Waals surface area contributed by atoms with Crippen LogP contribution in [0, 0.1) is 24.7 Å². The van der Waals surface area contributed by atoms with Crippen molar-refractivity contribution in [3.63, 3.8) is 0 Å². The summed E-state index contributed by atoms with van der Waals surface area (Å²) in [5.74, 6) is 1.74. The van der Waals surface area contributed by atoms with Gasteiger partial charge in [-0.1, -0.05) is 29.8 Å². The number of fused-ring (bicyclic) bond motifs is 1. The fourth-order valence-corrected chi connectivity index (χ4v) is 4.21. The third-order valence-electron chi connectivity index (χ3n) is 5.81. The van der Waals surface area contributed by atoms with Gasteiger partial charge in [0.05, 0.1) is 12.7 Å². The quantitative estimate of drug-likeness (QED) is 0.902. The number of carbonyl (C=O) groups is 1. The second-order valence-electron chi connectivity index (χ2n) is 7.83. The van der Waals surface area contributed by atoms with Gasteiger partial charge < -0.3 is 10.1 Å². The number of hydrogen-bond acceptors (Lipinski definition) is 3. The Kier molecular flexibility index (Phi) is 4.59. The normalized spacial score (nSPS) is 30.1. The zero-order valence-corrected chi connectivity index (χ0v) is 14.5. The lowest BCUT2D eigenvalue weighted by Gasteiger charge is -2.36. The van der Waals surface area contributed by atoms with Crippen molar-refractivity contribution in [1.29, 1.82) is 0 Å². The Hall–Kier alpha value is -1.39. The van der Waals surface area contributed by atoms with Gasteiger partial charge in [-0.05, 0) is 44.2 Å². The summed E-state index contributed by atoms with van der Waals surface area (Å²) >= 11 is 0. The number of rotatable bonds is 5. The molecular weight excluding hydrogens is 300 g/mol. The van der Waals surface area contributed by atoms with Gasteiger partial charge in [0, 0.05) is 31.5 Å². The molecule has 0 unspecified atom stereocenters. The molecule has 2 aliphatic heterocycles. The van der Waals surface area contributed by atoms with Crippen molar-refractivity contribution in [1.82, 2.24) is 10.2 Å². The van der Waals surface area contributed by atoms with E-state index < -0.39 is 0 Å². The number of ether oxygens (including phenoxy) is 1. The number of hydrogen-bond donors (Lipinski definition) is 1. The average molecular weight is 328 g/mol. The molecular formula is C20H28N2O2. The summed E-state index contributed by atoms with van der Waals surface area (Å²) in [4.78, 5) is 14.4. The molecule has 0 spiro atoms. The Labute approximate surface area is 144 Å². The molecule has 1 aliphatic carbocycles. The van der Waals surface area contributed by atoms with E-state index >= 15 is 0 Å². The maximum atomic E-state index is 11.9. The zero-order chi connectivity index (χ0) is 16.5. The van der Waals surface area contributed by atoms with Crippen molar-refractivity contribution >= 4 is 5.91 Å². The van der Waals surface area contributed by atoms with E-state index in [-0.39, 0.29) is 17.9 Å². The molecule has 0 bridgehead atoms. The Bertz CT molecular complexity index is 599. The first-order valence-electron chi connectivity index (χ1n) is 9.36. The van der Waals surface area contributed by atoms with Crippen molar-refractivity contribution in [2.75, 3.05) is 26.2 Å². The smallest absolute Gasteiger partial charge is 0.223 e. The van der Waals surface area contributed by atoms with E-state index in [1.54, 1.807) is 0 Å². The molecule has 3 fully saturated rings. The van der Waals surface area contributed by atoms with Gasteiger partial charge in [0.1, 0.15) is 0 Å². The minimum absolute atomic E-state index is 0.193. The van der Waals surface area contributed by atoms with Crippen LogP contribution in [0.3, 0.4) is 0 Å². The Balaban J connectivity index is 1.33. The lowest BCUT2D eigenvalue weighted by Crippen LogP contribution is -2.45. The molecule has 3 atom stereocenters. The summed E-state index contributed by atoms with van der Waals surface area (Å²) in [5, 5.41) is 3.11. The Morgan fingerprint density at radius 3 is 3.00 bits per heavy atom. The van der Waals surface area contributed by atoms with Crippen LogP contribution in [0.5, 0.6) is 0 Å². The number of likely N-dealkylation sites (tertiary alicyclic amines) is 1. The predicted molar refractivity (Wildman–Crippen MR) is 93.5 cm³/mol. The fraction of sp³-hybridized carbons (Fsp3) is 0.650. The fourth-order valence-electron chi connectivity index (χ4n) is 4.21. The van der Waals surface area contributed by atoms with Crippen LogP contribution in [-0.2, 0) is 16.1 Å². The van der Waals surface area contributed by atoms with Gasteiger partial charge in [-0.15, -0.1) is 0 Å². The SMILES string of the molecule is Cc1cccc(CN2CC[C@@H]3CO[C@@H](CNC(=O)C4CC4)[C@@H]3C2)c1. The van der Waals surface area contributed by atoms with E-state index in [9.17, 15) is 4.79 Å². The van der Waals surface area contributed by atoms with Crippen molar-refractivity contribution in [3.8, 4) is 0 Å². The predicted octanol–water partition coefficient (Wildman–Crippen LogP) is 2.36. The van der Waals surface area contributed by atoms with E-state index in [1.165, 1.54) is 17.5 Å². The second kappa shape index (κ2) is 6.85. The summed E-state index contributed by atoms with van der Waals surface area (Å²) in [6, 6.07) is 8.80.